The molecule has 9 nitrogen and oxygen atoms in total. The highest BCUT2D eigenvalue weighted by atomic mass is 32.2. The fraction of sp³-hybridized carbons (Fsp3) is 0.278. The van der Waals surface area contributed by atoms with Crippen LogP contribution < -0.4 is 11.1 Å². The molecule has 150 valence electrons. The van der Waals surface area contributed by atoms with Crippen molar-refractivity contribution in [3.63, 3.8) is 0 Å². The van der Waals surface area contributed by atoms with Crippen molar-refractivity contribution in [1.29, 1.82) is 0 Å². The minimum Gasteiger partial charge on any atom is -0.508 e. The summed E-state index contributed by atoms with van der Waals surface area (Å²) in [7, 11) is 0. The van der Waals surface area contributed by atoms with Gasteiger partial charge in [0, 0.05) is 4.88 Å². The van der Waals surface area contributed by atoms with E-state index in [-0.39, 0.29) is 11.7 Å². The van der Waals surface area contributed by atoms with Crippen LogP contribution in [-0.4, -0.2) is 42.4 Å². The van der Waals surface area contributed by atoms with Crippen molar-refractivity contribution in [2.45, 2.75) is 36.6 Å². The SMILES string of the molecule is C[C@@H](Sc1nnnn1-c1ccc(O)cc1)C(=O)Nc1sc2c(c1C(N)=O)CCC2. The van der Waals surface area contributed by atoms with Gasteiger partial charge in [0.15, 0.2) is 0 Å². The number of carbonyl (C=O) groups is 2. The Kier molecular flexibility index (Phi) is 5.24. The lowest BCUT2D eigenvalue weighted by atomic mass is 10.1. The number of aromatic nitrogens is 4. The molecule has 1 aromatic carbocycles. The molecule has 1 aliphatic rings. The van der Waals surface area contributed by atoms with Crippen molar-refractivity contribution in [3.05, 3.63) is 40.3 Å². The molecule has 1 atom stereocenters. The number of aryl methyl sites for hydroxylation is 1. The second-order valence-corrected chi connectivity index (χ2v) is 8.98. The van der Waals surface area contributed by atoms with Crippen LogP contribution in [0, 0.1) is 0 Å². The summed E-state index contributed by atoms with van der Waals surface area (Å²) in [5, 5.41) is 24.3. The Morgan fingerprint density at radius 2 is 2.07 bits per heavy atom. The second-order valence-electron chi connectivity index (χ2n) is 6.56. The van der Waals surface area contributed by atoms with Crippen molar-refractivity contribution in [3.8, 4) is 11.4 Å². The number of amides is 2. The number of nitrogens with one attached hydrogen (secondary N) is 1. The average Bonchev–Trinajstić information content (AvgIpc) is 3.38. The summed E-state index contributed by atoms with van der Waals surface area (Å²) in [5.74, 6) is -0.647. The molecule has 0 bridgehead atoms. The number of primary amides is 1. The van der Waals surface area contributed by atoms with Gasteiger partial charge in [0.1, 0.15) is 10.8 Å². The van der Waals surface area contributed by atoms with Gasteiger partial charge in [0.25, 0.3) is 5.91 Å². The fourth-order valence-electron chi connectivity index (χ4n) is 3.19. The fourth-order valence-corrected chi connectivity index (χ4v) is 5.29. The third kappa shape index (κ3) is 3.83. The number of fused-ring (bicyclic) bond motifs is 1. The maximum absolute atomic E-state index is 12.7. The summed E-state index contributed by atoms with van der Waals surface area (Å²) >= 11 is 2.61. The number of phenols is 1. The van der Waals surface area contributed by atoms with Crippen LogP contribution in [0.25, 0.3) is 5.69 Å². The Morgan fingerprint density at radius 3 is 2.79 bits per heavy atom. The van der Waals surface area contributed by atoms with E-state index < -0.39 is 11.2 Å². The predicted octanol–water partition coefficient (Wildman–Crippen LogP) is 2.14. The summed E-state index contributed by atoms with van der Waals surface area (Å²) in [6, 6.07) is 6.41. The number of carbonyl (C=O) groups excluding carboxylic acids is 2. The first-order valence-corrected chi connectivity index (χ1v) is 10.6. The van der Waals surface area contributed by atoms with Gasteiger partial charge >= 0.3 is 0 Å². The number of anilines is 1. The Balaban J connectivity index is 1.50. The quantitative estimate of drug-likeness (QED) is 0.510. The van der Waals surface area contributed by atoms with Crippen molar-refractivity contribution in [2.24, 2.45) is 5.73 Å². The van der Waals surface area contributed by atoms with Gasteiger partial charge in [-0.25, -0.2) is 0 Å². The molecular formula is C18H18N6O3S2. The number of aromatic hydroxyl groups is 1. The van der Waals surface area contributed by atoms with Gasteiger partial charge in [-0.15, -0.1) is 16.4 Å². The summed E-state index contributed by atoms with van der Waals surface area (Å²) in [6.07, 6.45) is 2.72. The molecule has 4 N–H and O–H groups in total. The molecule has 11 heteroatoms. The number of nitrogens with two attached hydrogens (primary N) is 1. The van der Waals surface area contributed by atoms with Crippen LogP contribution in [0.3, 0.4) is 0 Å². The van der Waals surface area contributed by atoms with E-state index in [0.29, 0.717) is 21.4 Å². The van der Waals surface area contributed by atoms with E-state index in [1.54, 1.807) is 19.1 Å². The van der Waals surface area contributed by atoms with Crippen LogP contribution in [0.4, 0.5) is 5.00 Å². The van der Waals surface area contributed by atoms with E-state index in [4.69, 9.17) is 5.73 Å². The first-order chi connectivity index (χ1) is 13.9. The molecule has 2 amide bonds. The van der Waals surface area contributed by atoms with Crippen LogP contribution in [-0.2, 0) is 17.6 Å². The highest BCUT2D eigenvalue weighted by molar-refractivity contribution is 8.00. The van der Waals surface area contributed by atoms with Gasteiger partial charge in [0.05, 0.1) is 16.5 Å². The highest BCUT2D eigenvalue weighted by Gasteiger charge is 2.27. The van der Waals surface area contributed by atoms with Crippen molar-refractivity contribution >= 4 is 39.9 Å². The molecule has 0 saturated heterocycles. The number of thioether (sulfide) groups is 1. The van der Waals surface area contributed by atoms with E-state index >= 15 is 0 Å². The topological polar surface area (TPSA) is 136 Å². The first-order valence-electron chi connectivity index (χ1n) is 8.93. The standard InChI is InChI=1S/C18H18N6O3S2/c1-9(28-18-21-22-23-24(18)10-5-7-11(25)8-6-10)16(27)20-17-14(15(19)26)12-3-2-4-13(12)29-17/h5-9,25H,2-4H2,1H3,(H2,19,26)(H,20,27)/t9-/m1/s1. The van der Waals surface area contributed by atoms with Crippen LogP contribution in [0.2, 0.25) is 0 Å². The summed E-state index contributed by atoms with van der Waals surface area (Å²) in [4.78, 5) is 25.8. The monoisotopic (exact) mass is 430 g/mol. The van der Waals surface area contributed by atoms with Crippen molar-refractivity contribution in [2.75, 3.05) is 5.32 Å². The van der Waals surface area contributed by atoms with Crippen LogP contribution in [0.15, 0.2) is 29.4 Å². The number of thiophene rings is 1. The van der Waals surface area contributed by atoms with Gasteiger partial charge in [-0.2, -0.15) is 4.68 Å². The number of phenolic OH excluding ortho intramolecular Hbond substituents is 1. The highest BCUT2D eigenvalue weighted by Crippen LogP contribution is 2.39. The first kappa shape index (κ1) is 19.4. The summed E-state index contributed by atoms with van der Waals surface area (Å²) in [6.45, 7) is 1.74. The zero-order chi connectivity index (χ0) is 20.5. The summed E-state index contributed by atoms with van der Waals surface area (Å²) in [5.41, 5.74) is 7.61. The molecule has 0 unspecified atom stereocenters. The van der Waals surface area contributed by atoms with Crippen molar-refractivity contribution < 1.29 is 14.7 Å². The predicted molar refractivity (Wildman–Crippen MR) is 110 cm³/mol. The zero-order valence-electron chi connectivity index (χ0n) is 15.5. The molecule has 2 aromatic heterocycles. The molecule has 4 rings (SSSR count). The lowest BCUT2D eigenvalue weighted by Crippen LogP contribution is -2.24. The normalized spacial score (nSPS) is 13.8. The van der Waals surface area contributed by atoms with E-state index in [0.717, 1.165) is 29.7 Å². The Hall–Kier alpha value is -2.92. The van der Waals surface area contributed by atoms with Gasteiger partial charge in [-0.1, -0.05) is 11.8 Å². The molecular weight excluding hydrogens is 412 g/mol. The van der Waals surface area contributed by atoms with Gasteiger partial charge < -0.3 is 16.2 Å². The van der Waals surface area contributed by atoms with E-state index in [1.165, 1.54) is 39.9 Å². The van der Waals surface area contributed by atoms with E-state index in [1.807, 2.05) is 0 Å². The molecule has 0 spiro atoms. The average molecular weight is 431 g/mol. The van der Waals surface area contributed by atoms with E-state index in [2.05, 4.69) is 20.8 Å². The second kappa shape index (κ2) is 7.84. The number of hydrogen-bond acceptors (Lipinski definition) is 8. The largest absolute Gasteiger partial charge is 0.508 e. The minimum absolute atomic E-state index is 0.136. The lowest BCUT2D eigenvalue weighted by Gasteiger charge is -2.12. The molecule has 0 radical (unpaired) electrons. The number of hydrogen-bond donors (Lipinski definition) is 3. The van der Waals surface area contributed by atoms with Gasteiger partial charge in [-0.3, -0.25) is 9.59 Å². The Labute approximate surface area is 174 Å². The van der Waals surface area contributed by atoms with Gasteiger partial charge in [-0.05, 0) is 66.4 Å². The van der Waals surface area contributed by atoms with Crippen molar-refractivity contribution in [1.82, 2.24) is 20.2 Å². The number of tetrazole rings is 1. The Morgan fingerprint density at radius 1 is 1.31 bits per heavy atom. The molecule has 29 heavy (non-hydrogen) atoms. The third-order valence-corrected chi connectivity index (χ3v) is 6.83. The van der Waals surface area contributed by atoms with Crippen LogP contribution in [0.5, 0.6) is 5.75 Å². The Bertz CT molecular complexity index is 1080. The molecule has 0 aliphatic heterocycles. The number of benzene rings is 1. The minimum atomic E-state index is -0.519. The molecule has 3 aromatic rings. The zero-order valence-corrected chi connectivity index (χ0v) is 17.1. The molecule has 1 aliphatic carbocycles. The lowest BCUT2D eigenvalue weighted by molar-refractivity contribution is -0.115. The molecule has 0 fully saturated rings. The van der Waals surface area contributed by atoms with Crippen LogP contribution >= 0.6 is 23.1 Å². The maximum Gasteiger partial charge on any atom is 0.251 e. The number of nitrogens with zero attached hydrogens (tertiary/aromatic N) is 4. The van der Waals surface area contributed by atoms with Gasteiger partial charge in [0.2, 0.25) is 11.1 Å². The summed E-state index contributed by atoms with van der Waals surface area (Å²) < 4.78 is 1.49. The van der Waals surface area contributed by atoms with Crippen LogP contribution in [0.1, 0.15) is 34.1 Å². The third-order valence-electron chi connectivity index (χ3n) is 4.59. The van der Waals surface area contributed by atoms with E-state index in [9.17, 15) is 14.7 Å². The number of rotatable bonds is 6. The smallest absolute Gasteiger partial charge is 0.251 e. The molecule has 2 heterocycles. The molecule has 0 saturated carbocycles. The maximum atomic E-state index is 12.7.